The lowest BCUT2D eigenvalue weighted by Gasteiger charge is -2.21. The van der Waals surface area contributed by atoms with Crippen molar-refractivity contribution in [1.82, 2.24) is 15.3 Å². The predicted octanol–water partition coefficient (Wildman–Crippen LogP) is 5.66. The minimum Gasteiger partial charge on any atom is -0.475 e. The number of ether oxygens (including phenoxy) is 1. The molecule has 4 rings (SSSR count). The van der Waals surface area contributed by atoms with Crippen LogP contribution in [0.3, 0.4) is 0 Å². The molecule has 1 saturated carbocycles. The van der Waals surface area contributed by atoms with Crippen molar-refractivity contribution in [1.29, 1.82) is 0 Å². The number of carboxylic acid groups (broad SMARTS) is 1. The van der Waals surface area contributed by atoms with Crippen molar-refractivity contribution in [2.75, 3.05) is 6.54 Å². The largest absolute Gasteiger partial charge is 0.490 e. The highest BCUT2D eigenvalue weighted by Gasteiger charge is 2.38. The third-order valence-electron chi connectivity index (χ3n) is 5.28. The summed E-state index contributed by atoms with van der Waals surface area (Å²) in [5, 5.41) is 10.7. The first-order valence-electron chi connectivity index (χ1n) is 10.5. The number of nitrogens with zero attached hydrogens (tertiary/aromatic N) is 1. The van der Waals surface area contributed by atoms with Gasteiger partial charge >= 0.3 is 12.1 Å². The summed E-state index contributed by atoms with van der Waals surface area (Å²) in [4.78, 5) is 16.2. The lowest BCUT2D eigenvalue weighted by Crippen LogP contribution is -2.24. The van der Waals surface area contributed by atoms with Gasteiger partial charge in [0.25, 0.3) is 0 Å². The average molecular weight is 449 g/mol. The Morgan fingerprint density at radius 3 is 2.41 bits per heavy atom. The standard InChI is InChI=1S/C21H25N3O.C2HF3O2/c1-2-4-16(5-3-1)13-22-14-17-6-8-18(9-7-17)25-19-10-11-20-21(12-19)24-15-23-20;3-2(4,5)1(6)7/h6-12,15-16,22H,1-5,13-14H2,(H,23,24);(H,6,7). The van der Waals surface area contributed by atoms with Crippen LogP contribution in [-0.2, 0) is 11.3 Å². The second-order valence-corrected chi connectivity index (χ2v) is 7.77. The molecule has 0 spiro atoms. The molecular formula is C23H26F3N3O3. The van der Waals surface area contributed by atoms with Crippen molar-refractivity contribution in [3.63, 3.8) is 0 Å². The Hall–Kier alpha value is -3.07. The van der Waals surface area contributed by atoms with E-state index in [2.05, 4.69) is 27.4 Å². The third-order valence-corrected chi connectivity index (χ3v) is 5.28. The van der Waals surface area contributed by atoms with Crippen LogP contribution in [0.2, 0.25) is 0 Å². The Labute approximate surface area is 183 Å². The van der Waals surface area contributed by atoms with Gasteiger partial charge in [0.15, 0.2) is 0 Å². The fraction of sp³-hybridized carbons (Fsp3) is 0.391. The highest BCUT2D eigenvalue weighted by molar-refractivity contribution is 5.76. The number of aromatic nitrogens is 2. The maximum atomic E-state index is 10.6. The first-order chi connectivity index (χ1) is 15.3. The summed E-state index contributed by atoms with van der Waals surface area (Å²) >= 11 is 0. The summed E-state index contributed by atoms with van der Waals surface area (Å²) in [7, 11) is 0. The molecule has 0 atom stereocenters. The molecule has 0 bridgehead atoms. The second kappa shape index (κ2) is 11.0. The van der Waals surface area contributed by atoms with E-state index in [1.807, 2.05) is 30.3 Å². The Morgan fingerprint density at radius 2 is 1.75 bits per heavy atom. The summed E-state index contributed by atoms with van der Waals surface area (Å²) in [5.41, 5.74) is 3.24. The molecule has 6 nitrogen and oxygen atoms in total. The number of halogens is 3. The second-order valence-electron chi connectivity index (χ2n) is 7.77. The van der Waals surface area contributed by atoms with Crippen LogP contribution in [0.25, 0.3) is 11.0 Å². The quantitative estimate of drug-likeness (QED) is 0.452. The predicted molar refractivity (Wildman–Crippen MR) is 115 cm³/mol. The van der Waals surface area contributed by atoms with Crippen molar-refractivity contribution >= 4 is 17.0 Å². The van der Waals surface area contributed by atoms with E-state index in [4.69, 9.17) is 14.6 Å². The van der Waals surface area contributed by atoms with Gasteiger partial charge in [0.1, 0.15) is 11.5 Å². The van der Waals surface area contributed by atoms with E-state index in [-0.39, 0.29) is 0 Å². The Morgan fingerprint density at radius 1 is 1.09 bits per heavy atom. The number of H-pyrrole nitrogens is 1. The van der Waals surface area contributed by atoms with E-state index in [0.29, 0.717) is 0 Å². The molecule has 1 fully saturated rings. The van der Waals surface area contributed by atoms with E-state index in [1.54, 1.807) is 6.33 Å². The minimum atomic E-state index is -5.08. The number of alkyl halides is 3. The number of nitrogens with one attached hydrogen (secondary N) is 2. The number of aromatic amines is 1. The zero-order valence-corrected chi connectivity index (χ0v) is 17.5. The monoisotopic (exact) mass is 449 g/mol. The van der Waals surface area contributed by atoms with Crippen LogP contribution in [0.1, 0.15) is 37.7 Å². The summed E-state index contributed by atoms with van der Waals surface area (Å²) < 4.78 is 37.7. The molecular weight excluding hydrogens is 423 g/mol. The third kappa shape index (κ3) is 7.26. The van der Waals surface area contributed by atoms with Gasteiger partial charge in [-0.3, -0.25) is 0 Å². The molecule has 32 heavy (non-hydrogen) atoms. The van der Waals surface area contributed by atoms with Crippen LogP contribution >= 0.6 is 0 Å². The van der Waals surface area contributed by atoms with Crippen LogP contribution < -0.4 is 10.1 Å². The minimum absolute atomic E-state index is 0.819. The van der Waals surface area contributed by atoms with Crippen molar-refractivity contribution < 1.29 is 27.8 Å². The topological polar surface area (TPSA) is 87.2 Å². The van der Waals surface area contributed by atoms with Gasteiger partial charge in [-0.1, -0.05) is 31.4 Å². The molecule has 9 heteroatoms. The molecule has 172 valence electrons. The number of aliphatic carboxylic acids is 1. The van der Waals surface area contributed by atoms with E-state index >= 15 is 0 Å². The van der Waals surface area contributed by atoms with E-state index in [9.17, 15) is 13.2 Å². The van der Waals surface area contributed by atoms with Gasteiger partial charge in [0, 0.05) is 12.6 Å². The van der Waals surface area contributed by atoms with E-state index < -0.39 is 12.1 Å². The van der Waals surface area contributed by atoms with Gasteiger partial charge in [-0.05, 0) is 55.1 Å². The first-order valence-corrected chi connectivity index (χ1v) is 10.5. The Bertz CT molecular complexity index is 997. The number of imidazole rings is 1. The lowest BCUT2D eigenvalue weighted by atomic mass is 9.89. The average Bonchev–Trinajstić information content (AvgIpc) is 3.23. The van der Waals surface area contributed by atoms with Crippen molar-refractivity contribution in [3.05, 3.63) is 54.4 Å². The maximum Gasteiger partial charge on any atom is 0.490 e. The number of rotatable bonds is 6. The molecule has 0 saturated heterocycles. The number of benzene rings is 2. The number of hydrogen-bond acceptors (Lipinski definition) is 4. The van der Waals surface area contributed by atoms with Crippen LogP contribution in [0.4, 0.5) is 13.2 Å². The molecule has 3 N–H and O–H groups in total. The van der Waals surface area contributed by atoms with Crippen LogP contribution in [0, 0.1) is 5.92 Å². The van der Waals surface area contributed by atoms with Crippen molar-refractivity contribution in [3.8, 4) is 11.5 Å². The zero-order chi connectivity index (χ0) is 23.0. The normalized spacial score (nSPS) is 14.6. The van der Waals surface area contributed by atoms with Gasteiger partial charge in [-0.25, -0.2) is 9.78 Å². The number of hydrogen-bond donors (Lipinski definition) is 3. The molecule has 0 amide bonds. The molecule has 2 aromatic carbocycles. The lowest BCUT2D eigenvalue weighted by molar-refractivity contribution is -0.192. The Balaban J connectivity index is 0.000000360. The van der Waals surface area contributed by atoms with Gasteiger partial charge in [0.05, 0.1) is 17.4 Å². The smallest absolute Gasteiger partial charge is 0.475 e. The van der Waals surface area contributed by atoms with E-state index in [1.165, 1.54) is 37.7 Å². The van der Waals surface area contributed by atoms with Gasteiger partial charge in [0.2, 0.25) is 0 Å². The molecule has 0 radical (unpaired) electrons. The molecule has 1 heterocycles. The molecule has 0 unspecified atom stereocenters. The number of carboxylic acids is 1. The summed E-state index contributed by atoms with van der Waals surface area (Å²) in [6.07, 6.45) is 3.63. The highest BCUT2D eigenvalue weighted by Crippen LogP contribution is 2.25. The maximum absolute atomic E-state index is 10.6. The fourth-order valence-corrected chi connectivity index (χ4v) is 3.60. The SMILES string of the molecule is O=C(O)C(F)(F)F.c1nc2ccc(Oc3ccc(CNCC4CCCCC4)cc3)cc2[nH]1. The van der Waals surface area contributed by atoms with Gasteiger partial charge < -0.3 is 20.1 Å². The summed E-state index contributed by atoms with van der Waals surface area (Å²) in [6, 6.07) is 14.2. The zero-order valence-electron chi connectivity index (χ0n) is 17.5. The van der Waals surface area contributed by atoms with Crippen molar-refractivity contribution in [2.45, 2.75) is 44.8 Å². The Kier molecular flexibility index (Phi) is 8.10. The fourth-order valence-electron chi connectivity index (χ4n) is 3.60. The number of carbonyl (C=O) groups is 1. The van der Waals surface area contributed by atoms with Crippen molar-refractivity contribution in [2.24, 2.45) is 5.92 Å². The van der Waals surface area contributed by atoms with E-state index in [0.717, 1.165) is 41.5 Å². The summed E-state index contributed by atoms with van der Waals surface area (Å²) in [5.74, 6) is -0.212. The highest BCUT2D eigenvalue weighted by atomic mass is 19.4. The molecule has 1 aliphatic rings. The summed E-state index contributed by atoms with van der Waals surface area (Å²) in [6.45, 7) is 2.07. The van der Waals surface area contributed by atoms with Gasteiger partial charge in [-0.15, -0.1) is 0 Å². The molecule has 0 aliphatic heterocycles. The molecule has 3 aromatic rings. The van der Waals surface area contributed by atoms with Crippen LogP contribution in [0.15, 0.2) is 48.8 Å². The first kappa shape index (κ1) is 23.6. The molecule has 1 aromatic heterocycles. The van der Waals surface area contributed by atoms with Crippen LogP contribution in [-0.4, -0.2) is 33.8 Å². The van der Waals surface area contributed by atoms with Crippen LogP contribution in [0.5, 0.6) is 11.5 Å². The molecule has 1 aliphatic carbocycles. The van der Waals surface area contributed by atoms with Gasteiger partial charge in [-0.2, -0.15) is 13.2 Å². The number of fused-ring (bicyclic) bond motifs is 1.